The smallest absolute Gasteiger partial charge is 0.383 e. The Kier molecular flexibility index (Phi) is 4.32. The number of nitrogens with two attached hydrogens (primary N) is 1. The lowest BCUT2D eigenvalue weighted by atomic mass is 10.1. The number of fused-ring (bicyclic) bond motifs is 1. The van der Waals surface area contributed by atoms with Gasteiger partial charge in [0, 0.05) is 5.39 Å². The summed E-state index contributed by atoms with van der Waals surface area (Å²) in [6.07, 6.45) is 1.18. The first-order valence-corrected chi connectivity index (χ1v) is 6.07. The number of benzene rings is 1. The largest absolute Gasteiger partial charge is 0.394 e. The van der Waals surface area contributed by atoms with Gasteiger partial charge in [-0.25, -0.2) is 4.98 Å². The Morgan fingerprint density at radius 2 is 1.68 bits per heavy atom. The van der Waals surface area contributed by atoms with Gasteiger partial charge in [0.15, 0.2) is 0 Å². The van der Waals surface area contributed by atoms with Crippen molar-refractivity contribution in [2.75, 3.05) is 5.73 Å². The summed E-state index contributed by atoms with van der Waals surface area (Å²) in [5.41, 5.74) is 5.57. The third-order valence-corrected chi connectivity index (χ3v) is 2.00. The molecule has 2 aromatic rings. The molecule has 1 aromatic carbocycles. The van der Waals surface area contributed by atoms with Gasteiger partial charge in [0.2, 0.25) is 0 Å². The second-order valence-electron chi connectivity index (χ2n) is 3.28. The molecule has 0 radical (unpaired) electrons. The molecule has 0 bridgehead atoms. The maximum absolute atomic E-state index is 10.7. The first kappa shape index (κ1) is 14.8. The Morgan fingerprint density at radius 1 is 1.21 bits per heavy atom. The van der Waals surface area contributed by atoms with Crippen molar-refractivity contribution in [2.45, 2.75) is 0 Å². The standard InChI is InChI=1S/C9H7N3O2.H2O4S/c10-9-7-4-2-1-3-6(7)8(5-11-9)12(13)14;1-5(2,3)4/h1-5H,(H2,10,11);(H2,1,2,3,4). The number of pyridine rings is 1. The predicted octanol–water partition coefficient (Wildman–Crippen LogP) is 1.07. The van der Waals surface area contributed by atoms with Crippen LogP contribution >= 0.6 is 0 Å². The topological polar surface area (TPSA) is 157 Å². The van der Waals surface area contributed by atoms with E-state index in [1.807, 2.05) is 0 Å². The minimum Gasteiger partial charge on any atom is -0.383 e. The minimum atomic E-state index is -4.67. The van der Waals surface area contributed by atoms with Gasteiger partial charge in [-0.3, -0.25) is 19.2 Å². The van der Waals surface area contributed by atoms with Gasteiger partial charge in [-0.05, 0) is 6.07 Å². The Bertz CT molecular complexity index is 707. The quantitative estimate of drug-likeness (QED) is 0.399. The average Bonchev–Trinajstić information content (AvgIpc) is 2.27. The van der Waals surface area contributed by atoms with Crippen molar-refractivity contribution >= 4 is 32.7 Å². The highest BCUT2D eigenvalue weighted by Crippen LogP contribution is 2.27. The van der Waals surface area contributed by atoms with Crippen LogP contribution in [-0.4, -0.2) is 27.4 Å². The van der Waals surface area contributed by atoms with E-state index in [0.717, 1.165) is 0 Å². The number of nitrogen functional groups attached to an aromatic ring is 1. The monoisotopic (exact) mass is 287 g/mol. The summed E-state index contributed by atoms with van der Waals surface area (Å²) in [6, 6.07) is 6.87. The van der Waals surface area contributed by atoms with Crippen LogP contribution in [0.2, 0.25) is 0 Å². The first-order valence-electron chi connectivity index (χ1n) is 4.67. The normalized spacial score (nSPS) is 10.6. The zero-order valence-corrected chi connectivity index (χ0v) is 10.1. The van der Waals surface area contributed by atoms with Gasteiger partial charge in [-0.15, -0.1) is 0 Å². The number of nitrogens with zero attached hydrogens (tertiary/aromatic N) is 2. The highest BCUT2D eigenvalue weighted by molar-refractivity contribution is 7.79. The van der Waals surface area contributed by atoms with E-state index in [-0.39, 0.29) is 5.69 Å². The van der Waals surface area contributed by atoms with Crippen LogP contribution in [0.1, 0.15) is 0 Å². The number of anilines is 1. The number of rotatable bonds is 1. The second kappa shape index (κ2) is 5.56. The number of nitro groups is 1. The van der Waals surface area contributed by atoms with Crippen molar-refractivity contribution in [1.82, 2.24) is 4.98 Å². The fourth-order valence-corrected chi connectivity index (χ4v) is 1.35. The molecule has 0 aliphatic heterocycles. The molecule has 0 aliphatic carbocycles. The molecule has 0 amide bonds. The molecule has 0 saturated heterocycles. The summed E-state index contributed by atoms with van der Waals surface area (Å²) in [5.74, 6) is 0.311. The maximum Gasteiger partial charge on any atom is 0.394 e. The highest BCUT2D eigenvalue weighted by Gasteiger charge is 2.13. The summed E-state index contributed by atoms with van der Waals surface area (Å²) in [5, 5.41) is 11.8. The van der Waals surface area contributed by atoms with Gasteiger partial charge in [0.05, 0.1) is 10.3 Å². The van der Waals surface area contributed by atoms with Gasteiger partial charge in [0.25, 0.3) is 5.69 Å². The van der Waals surface area contributed by atoms with E-state index in [0.29, 0.717) is 16.6 Å². The van der Waals surface area contributed by atoms with E-state index in [4.69, 9.17) is 23.3 Å². The third-order valence-electron chi connectivity index (χ3n) is 2.00. The molecule has 0 fully saturated rings. The van der Waals surface area contributed by atoms with E-state index >= 15 is 0 Å². The Hall–Kier alpha value is -2.30. The molecular weight excluding hydrogens is 278 g/mol. The van der Waals surface area contributed by atoms with Crippen molar-refractivity contribution < 1.29 is 22.4 Å². The highest BCUT2D eigenvalue weighted by atomic mass is 32.3. The van der Waals surface area contributed by atoms with Gasteiger partial charge >= 0.3 is 10.4 Å². The molecule has 19 heavy (non-hydrogen) atoms. The summed E-state index contributed by atoms with van der Waals surface area (Å²) in [7, 11) is -4.67. The molecule has 2 rings (SSSR count). The van der Waals surface area contributed by atoms with Crippen LogP contribution < -0.4 is 5.73 Å². The lowest BCUT2D eigenvalue weighted by Crippen LogP contribution is -1.95. The molecular formula is C9H9N3O6S. The molecule has 1 aromatic heterocycles. The van der Waals surface area contributed by atoms with Gasteiger partial charge in [-0.1, -0.05) is 18.2 Å². The Balaban J connectivity index is 0.000000312. The molecule has 1 heterocycles. The number of hydrogen-bond donors (Lipinski definition) is 3. The average molecular weight is 287 g/mol. The van der Waals surface area contributed by atoms with Crippen LogP contribution in [0.25, 0.3) is 10.8 Å². The van der Waals surface area contributed by atoms with Crippen LogP contribution in [-0.2, 0) is 10.4 Å². The molecule has 4 N–H and O–H groups in total. The molecule has 9 nitrogen and oxygen atoms in total. The predicted molar refractivity (Wildman–Crippen MR) is 67.0 cm³/mol. The molecule has 0 spiro atoms. The lowest BCUT2D eigenvalue weighted by molar-refractivity contribution is -0.383. The van der Waals surface area contributed by atoms with Crippen LogP contribution in [0.3, 0.4) is 0 Å². The number of aromatic nitrogens is 1. The molecule has 0 saturated carbocycles. The molecule has 10 heteroatoms. The van der Waals surface area contributed by atoms with E-state index in [2.05, 4.69) is 4.98 Å². The Labute approximate surface area is 107 Å². The van der Waals surface area contributed by atoms with Crippen molar-refractivity contribution in [1.29, 1.82) is 0 Å². The summed E-state index contributed by atoms with van der Waals surface area (Å²) in [4.78, 5) is 14.0. The van der Waals surface area contributed by atoms with E-state index in [1.54, 1.807) is 24.3 Å². The molecule has 0 aliphatic rings. The first-order chi connectivity index (χ1) is 8.70. The van der Waals surface area contributed by atoms with Crippen LogP contribution in [0.4, 0.5) is 11.5 Å². The van der Waals surface area contributed by atoms with Crippen LogP contribution in [0.15, 0.2) is 30.5 Å². The van der Waals surface area contributed by atoms with Crippen molar-refractivity contribution in [2.24, 2.45) is 0 Å². The number of hydrogen-bond acceptors (Lipinski definition) is 6. The van der Waals surface area contributed by atoms with Gasteiger partial charge < -0.3 is 5.73 Å². The van der Waals surface area contributed by atoms with Gasteiger partial charge in [-0.2, -0.15) is 8.42 Å². The molecule has 0 atom stereocenters. The maximum atomic E-state index is 10.7. The lowest BCUT2D eigenvalue weighted by Gasteiger charge is -2.00. The van der Waals surface area contributed by atoms with E-state index in [9.17, 15) is 10.1 Å². The summed E-state index contributed by atoms with van der Waals surface area (Å²) >= 11 is 0. The SMILES string of the molecule is Nc1ncc([N+](=O)[O-])c2ccccc12.O=S(=O)(O)O. The molecule has 102 valence electrons. The summed E-state index contributed by atoms with van der Waals surface area (Å²) in [6.45, 7) is 0. The second-order valence-corrected chi connectivity index (χ2v) is 4.17. The molecule has 0 unspecified atom stereocenters. The zero-order valence-electron chi connectivity index (χ0n) is 9.29. The fraction of sp³-hybridized carbons (Fsp3) is 0. The Morgan fingerprint density at radius 3 is 2.16 bits per heavy atom. The minimum absolute atomic E-state index is 0.0187. The van der Waals surface area contributed by atoms with Crippen molar-refractivity contribution in [3.05, 3.63) is 40.6 Å². The fourth-order valence-electron chi connectivity index (χ4n) is 1.35. The van der Waals surface area contributed by atoms with E-state index < -0.39 is 15.3 Å². The zero-order chi connectivity index (χ0) is 14.6. The van der Waals surface area contributed by atoms with Gasteiger partial charge in [0.1, 0.15) is 12.0 Å². The van der Waals surface area contributed by atoms with Crippen molar-refractivity contribution in [3.63, 3.8) is 0 Å². The van der Waals surface area contributed by atoms with Crippen LogP contribution in [0.5, 0.6) is 0 Å². The van der Waals surface area contributed by atoms with Crippen molar-refractivity contribution in [3.8, 4) is 0 Å². The van der Waals surface area contributed by atoms with Crippen LogP contribution in [0, 0.1) is 10.1 Å². The van der Waals surface area contributed by atoms with E-state index in [1.165, 1.54) is 6.20 Å². The summed E-state index contributed by atoms with van der Waals surface area (Å²) < 4.78 is 31.6. The third kappa shape index (κ3) is 4.46.